The fourth-order valence-electron chi connectivity index (χ4n) is 1.04. The van der Waals surface area contributed by atoms with Crippen molar-refractivity contribution < 1.29 is 9.52 Å². The van der Waals surface area contributed by atoms with Gasteiger partial charge in [-0.05, 0) is 38.3 Å². The highest BCUT2D eigenvalue weighted by Crippen LogP contribution is 2.11. The maximum absolute atomic E-state index is 9.01. The highest BCUT2D eigenvalue weighted by Gasteiger charge is 2.02. The van der Waals surface area contributed by atoms with Crippen LogP contribution in [0.1, 0.15) is 24.7 Å². The summed E-state index contributed by atoms with van der Waals surface area (Å²) in [7, 11) is 0. The van der Waals surface area contributed by atoms with Gasteiger partial charge in [0.15, 0.2) is 0 Å². The van der Waals surface area contributed by atoms with Crippen molar-refractivity contribution >= 4 is 0 Å². The first-order chi connectivity index (χ1) is 5.20. The molecule has 0 aliphatic heterocycles. The SMILES string of the molecule is Cc1occc1CCC(C)O. The Kier molecular flexibility index (Phi) is 2.71. The second-order valence-electron chi connectivity index (χ2n) is 2.89. The summed E-state index contributed by atoms with van der Waals surface area (Å²) in [6, 6.07) is 1.96. The molecule has 0 aliphatic rings. The first-order valence-corrected chi connectivity index (χ1v) is 3.91. The second-order valence-corrected chi connectivity index (χ2v) is 2.89. The van der Waals surface area contributed by atoms with Crippen LogP contribution in [0.2, 0.25) is 0 Å². The lowest BCUT2D eigenvalue weighted by Gasteiger charge is -2.01. The van der Waals surface area contributed by atoms with E-state index < -0.39 is 0 Å². The van der Waals surface area contributed by atoms with Gasteiger partial charge in [0, 0.05) is 0 Å². The Morgan fingerprint density at radius 1 is 1.64 bits per heavy atom. The molecule has 0 saturated heterocycles. The van der Waals surface area contributed by atoms with Gasteiger partial charge in [0.05, 0.1) is 12.4 Å². The number of hydrogen-bond acceptors (Lipinski definition) is 2. The minimum Gasteiger partial charge on any atom is -0.469 e. The van der Waals surface area contributed by atoms with Gasteiger partial charge in [-0.1, -0.05) is 0 Å². The third-order valence-electron chi connectivity index (χ3n) is 1.80. The summed E-state index contributed by atoms with van der Waals surface area (Å²) < 4.78 is 5.12. The topological polar surface area (TPSA) is 33.4 Å². The van der Waals surface area contributed by atoms with Crippen LogP contribution in [0, 0.1) is 6.92 Å². The zero-order chi connectivity index (χ0) is 8.27. The fourth-order valence-corrected chi connectivity index (χ4v) is 1.04. The smallest absolute Gasteiger partial charge is 0.103 e. The van der Waals surface area contributed by atoms with E-state index in [4.69, 9.17) is 9.52 Å². The van der Waals surface area contributed by atoms with E-state index in [0.717, 1.165) is 18.6 Å². The zero-order valence-electron chi connectivity index (χ0n) is 7.00. The summed E-state index contributed by atoms with van der Waals surface area (Å²) >= 11 is 0. The van der Waals surface area contributed by atoms with Crippen LogP contribution in [0.5, 0.6) is 0 Å². The van der Waals surface area contributed by atoms with Gasteiger partial charge in [-0.25, -0.2) is 0 Å². The van der Waals surface area contributed by atoms with E-state index in [1.165, 1.54) is 5.56 Å². The van der Waals surface area contributed by atoms with E-state index in [1.54, 1.807) is 13.2 Å². The van der Waals surface area contributed by atoms with Crippen LogP contribution in [-0.2, 0) is 6.42 Å². The summed E-state index contributed by atoms with van der Waals surface area (Å²) in [5.41, 5.74) is 1.20. The highest BCUT2D eigenvalue weighted by atomic mass is 16.3. The summed E-state index contributed by atoms with van der Waals surface area (Å²) in [6.07, 6.45) is 3.18. The van der Waals surface area contributed by atoms with Gasteiger partial charge >= 0.3 is 0 Å². The Bertz CT molecular complexity index is 213. The van der Waals surface area contributed by atoms with Crippen molar-refractivity contribution in [1.29, 1.82) is 0 Å². The lowest BCUT2D eigenvalue weighted by molar-refractivity contribution is 0.185. The largest absolute Gasteiger partial charge is 0.469 e. The van der Waals surface area contributed by atoms with Crippen LogP contribution in [0.4, 0.5) is 0 Å². The molecule has 0 spiro atoms. The van der Waals surface area contributed by atoms with Crippen LogP contribution >= 0.6 is 0 Å². The summed E-state index contributed by atoms with van der Waals surface area (Å²) in [6.45, 7) is 3.74. The van der Waals surface area contributed by atoms with E-state index in [1.807, 2.05) is 13.0 Å². The second kappa shape index (κ2) is 3.58. The summed E-state index contributed by atoms with van der Waals surface area (Å²) in [5, 5.41) is 9.01. The van der Waals surface area contributed by atoms with Crippen molar-refractivity contribution in [2.45, 2.75) is 32.8 Å². The van der Waals surface area contributed by atoms with E-state index >= 15 is 0 Å². The molecule has 0 bridgehead atoms. The van der Waals surface area contributed by atoms with Crippen molar-refractivity contribution in [1.82, 2.24) is 0 Å². The molecule has 0 fully saturated rings. The van der Waals surface area contributed by atoms with Crippen LogP contribution in [-0.4, -0.2) is 11.2 Å². The monoisotopic (exact) mass is 154 g/mol. The van der Waals surface area contributed by atoms with Crippen molar-refractivity contribution in [3.8, 4) is 0 Å². The summed E-state index contributed by atoms with van der Waals surface area (Å²) in [5.74, 6) is 0.964. The molecule has 2 heteroatoms. The fraction of sp³-hybridized carbons (Fsp3) is 0.556. The van der Waals surface area contributed by atoms with Crippen molar-refractivity contribution in [2.75, 3.05) is 0 Å². The molecule has 1 atom stereocenters. The third-order valence-corrected chi connectivity index (χ3v) is 1.80. The van der Waals surface area contributed by atoms with Gasteiger partial charge in [0.25, 0.3) is 0 Å². The van der Waals surface area contributed by atoms with Gasteiger partial charge in [-0.15, -0.1) is 0 Å². The van der Waals surface area contributed by atoms with Gasteiger partial charge in [-0.2, -0.15) is 0 Å². The molecule has 2 nitrogen and oxygen atoms in total. The van der Waals surface area contributed by atoms with E-state index in [2.05, 4.69) is 0 Å². The number of aliphatic hydroxyl groups is 1. The molecule has 1 rings (SSSR count). The first kappa shape index (κ1) is 8.34. The van der Waals surface area contributed by atoms with Crippen molar-refractivity contribution in [3.63, 3.8) is 0 Å². The van der Waals surface area contributed by atoms with E-state index in [-0.39, 0.29) is 6.10 Å². The standard InChI is InChI=1S/C9H14O2/c1-7(10)3-4-9-5-6-11-8(9)2/h5-7,10H,3-4H2,1-2H3. The number of rotatable bonds is 3. The average Bonchev–Trinajstić information content (AvgIpc) is 2.31. The summed E-state index contributed by atoms with van der Waals surface area (Å²) in [4.78, 5) is 0. The van der Waals surface area contributed by atoms with Gasteiger partial charge in [0.2, 0.25) is 0 Å². The molecule has 62 valence electrons. The molecule has 1 aromatic heterocycles. The molecular weight excluding hydrogens is 140 g/mol. The zero-order valence-corrected chi connectivity index (χ0v) is 7.00. The number of aryl methyl sites for hydroxylation is 2. The van der Waals surface area contributed by atoms with E-state index in [0.29, 0.717) is 0 Å². The molecule has 0 saturated carbocycles. The Morgan fingerprint density at radius 2 is 2.36 bits per heavy atom. The molecule has 0 aliphatic carbocycles. The van der Waals surface area contributed by atoms with Crippen molar-refractivity contribution in [2.24, 2.45) is 0 Å². The Labute approximate surface area is 66.8 Å². The number of aliphatic hydroxyl groups excluding tert-OH is 1. The molecule has 0 amide bonds. The molecule has 1 unspecified atom stereocenters. The van der Waals surface area contributed by atoms with E-state index in [9.17, 15) is 0 Å². The van der Waals surface area contributed by atoms with Crippen LogP contribution in [0.3, 0.4) is 0 Å². The quantitative estimate of drug-likeness (QED) is 0.721. The predicted molar refractivity (Wildman–Crippen MR) is 43.4 cm³/mol. The van der Waals surface area contributed by atoms with Crippen molar-refractivity contribution in [3.05, 3.63) is 23.7 Å². The third kappa shape index (κ3) is 2.39. The lowest BCUT2D eigenvalue weighted by Crippen LogP contribution is -2.01. The lowest BCUT2D eigenvalue weighted by atomic mass is 10.1. The average molecular weight is 154 g/mol. The maximum Gasteiger partial charge on any atom is 0.103 e. The minimum absolute atomic E-state index is 0.218. The van der Waals surface area contributed by atoms with Gasteiger partial charge in [-0.3, -0.25) is 0 Å². The van der Waals surface area contributed by atoms with Crippen LogP contribution < -0.4 is 0 Å². The van der Waals surface area contributed by atoms with Crippen LogP contribution in [0.25, 0.3) is 0 Å². The highest BCUT2D eigenvalue weighted by molar-refractivity contribution is 5.15. The van der Waals surface area contributed by atoms with Gasteiger partial charge < -0.3 is 9.52 Å². The molecule has 0 aromatic carbocycles. The number of furan rings is 1. The molecule has 1 N–H and O–H groups in total. The normalized spacial score (nSPS) is 13.4. The molecule has 11 heavy (non-hydrogen) atoms. The Hall–Kier alpha value is -0.760. The predicted octanol–water partition coefficient (Wildman–Crippen LogP) is 1.90. The molecule has 0 radical (unpaired) electrons. The molecule has 1 heterocycles. The Morgan fingerprint density at radius 3 is 2.82 bits per heavy atom. The first-order valence-electron chi connectivity index (χ1n) is 3.91. The van der Waals surface area contributed by atoms with Crippen LogP contribution in [0.15, 0.2) is 16.7 Å². The maximum atomic E-state index is 9.01. The molecular formula is C9H14O2. The minimum atomic E-state index is -0.218. The Balaban J connectivity index is 2.44. The molecule has 1 aromatic rings. The number of hydrogen-bond donors (Lipinski definition) is 1. The van der Waals surface area contributed by atoms with Gasteiger partial charge in [0.1, 0.15) is 5.76 Å².